The van der Waals surface area contributed by atoms with Crippen LogP contribution in [0.5, 0.6) is 0 Å². The van der Waals surface area contributed by atoms with Crippen LogP contribution in [0.15, 0.2) is 0 Å². The fraction of sp³-hybridized carbons (Fsp3) is 1.00. The van der Waals surface area contributed by atoms with E-state index in [1.165, 1.54) is 43.8 Å². The zero-order valence-corrected chi connectivity index (χ0v) is 9.14. The number of hydrogen-bond donors (Lipinski definition) is 0. The van der Waals surface area contributed by atoms with Crippen LogP contribution in [0, 0.1) is 10.8 Å². The van der Waals surface area contributed by atoms with Crippen LogP contribution in [0.25, 0.3) is 0 Å². The van der Waals surface area contributed by atoms with E-state index in [9.17, 15) is 0 Å². The molecule has 2 heteroatoms. The molecule has 13 heavy (non-hydrogen) atoms. The highest BCUT2D eigenvalue weighted by atomic mass is 15.5. The summed E-state index contributed by atoms with van der Waals surface area (Å²) in [6.07, 6.45) is 1.46. The fourth-order valence-corrected chi connectivity index (χ4v) is 5.07. The van der Waals surface area contributed by atoms with Crippen molar-refractivity contribution in [1.29, 1.82) is 0 Å². The van der Waals surface area contributed by atoms with Crippen LogP contribution >= 0.6 is 0 Å². The van der Waals surface area contributed by atoms with Crippen LogP contribution in [0.3, 0.4) is 0 Å². The van der Waals surface area contributed by atoms with Crippen molar-refractivity contribution in [3.05, 3.63) is 0 Å². The molecule has 4 aliphatic rings. The summed E-state index contributed by atoms with van der Waals surface area (Å²) >= 11 is 0. The fourth-order valence-electron chi connectivity index (χ4n) is 5.07. The molecule has 4 saturated heterocycles. The number of hydrogen-bond acceptors (Lipinski definition) is 1. The maximum absolute atomic E-state index is 2.69. The van der Waals surface area contributed by atoms with Gasteiger partial charge in [0, 0.05) is 23.9 Å². The first-order chi connectivity index (χ1) is 5.91. The van der Waals surface area contributed by atoms with E-state index >= 15 is 0 Å². The Hall–Kier alpha value is -0.0800. The summed E-state index contributed by atoms with van der Waals surface area (Å²) < 4.78 is 1.31. The molecule has 4 aliphatic heterocycles. The lowest BCUT2D eigenvalue weighted by molar-refractivity contribution is -0.953. The Morgan fingerprint density at radius 2 is 1.62 bits per heavy atom. The van der Waals surface area contributed by atoms with Crippen molar-refractivity contribution in [2.24, 2.45) is 10.8 Å². The minimum absolute atomic E-state index is 0.623. The average molecular weight is 181 g/mol. The largest absolute Gasteiger partial charge is 0.313 e. The van der Waals surface area contributed by atoms with E-state index < -0.39 is 0 Å². The predicted octanol–water partition coefficient (Wildman–Crippen LogP) is 1.14. The molecule has 4 fully saturated rings. The summed E-state index contributed by atoms with van der Waals surface area (Å²) in [7, 11) is 2.45. The quantitative estimate of drug-likeness (QED) is 0.507. The Bertz CT molecular complexity index is 210. The molecule has 0 aliphatic carbocycles. The maximum Gasteiger partial charge on any atom is 0.134 e. The highest BCUT2D eigenvalue weighted by Gasteiger charge is 2.59. The van der Waals surface area contributed by atoms with Crippen molar-refractivity contribution in [2.45, 2.75) is 20.3 Å². The molecule has 2 unspecified atom stereocenters. The molecule has 0 N–H and O–H groups in total. The third kappa shape index (κ3) is 1.08. The van der Waals surface area contributed by atoms with Crippen LogP contribution in [-0.2, 0) is 0 Å². The molecular weight excluding hydrogens is 160 g/mol. The van der Waals surface area contributed by atoms with Crippen molar-refractivity contribution in [3.63, 3.8) is 0 Å². The van der Waals surface area contributed by atoms with Gasteiger partial charge in [0.05, 0.1) is 20.1 Å². The third-order valence-corrected chi connectivity index (χ3v) is 4.13. The van der Waals surface area contributed by atoms with Crippen molar-refractivity contribution < 1.29 is 4.48 Å². The molecule has 0 amide bonds. The number of quaternary nitrogens is 1. The molecule has 4 bridgehead atoms. The molecule has 0 aromatic rings. The average Bonchev–Trinajstić information content (AvgIpc) is 1.71. The second-order valence-corrected chi connectivity index (χ2v) is 6.86. The maximum atomic E-state index is 2.69. The smallest absolute Gasteiger partial charge is 0.134 e. The lowest BCUT2D eigenvalue weighted by atomic mass is 9.63. The number of rotatable bonds is 0. The third-order valence-electron chi connectivity index (χ3n) is 4.13. The van der Waals surface area contributed by atoms with Gasteiger partial charge in [0.1, 0.15) is 6.67 Å². The van der Waals surface area contributed by atoms with Gasteiger partial charge in [-0.05, 0) is 6.42 Å². The molecule has 74 valence electrons. The highest BCUT2D eigenvalue weighted by Crippen LogP contribution is 2.50. The minimum Gasteiger partial charge on any atom is -0.313 e. The topological polar surface area (TPSA) is 3.24 Å². The second-order valence-electron chi connectivity index (χ2n) is 6.86. The van der Waals surface area contributed by atoms with Gasteiger partial charge in [-0.3, -0.25) is 4.90 Å². The zero-order chi connectivity index (χ0) is 9.32. The SMILES string of the molecule is CC12CN3CC(C)(C1)C[N+](C)(C3)C2. The van der Waals surface area contributed by atoms with Gasteiger partial charge in [-0.1, -0.05) is 13.8 Å². The number of nitrogens with zero attached hydrogens (tertiary/aromatic N) is 2. The van der Waals surface area contributed by atoms with Gasteiger partial charge in [0.25, 0.3) is 0 Å². The monoisotopic (exact) mass is 181 g/mol. The second kappa shape index (κ2) is 1.96. The van der Waals surface area contributed by atoms with Gasteiger partial charge in [0.2, 0.25) is 0 Å². The Balaban J connectivity index is 2.03. The van der Waals surface area contributed by atoms with E-state index in [1.807, 2.05) is 0 Å². The van der Waals surface area contributed by atoms with Crippen molar-refractivity contribution in [1.82, 2.24) is 4.90 Å². The Morgan fingerprint density at radius 3 is 2.00 bits per heavy atom. The first-order valence-corrected chi connectivity index (χ1v) is 5.47. The Kier molecular flexibility index (Phi) is 1.24. The summed E-state index contributed by atoms with van der Waals surface area (Å²) in [4.78, 5) is 2.69. The first kappa shape index (κ1) is 8.25. The van der Waals surface area contributed by atoms with E-state index in [1.54, 1.807) is 0 Å². The lowest BCUT2D eigenvalue weighted by Gasteiger charge is -2.65. The Morgan fingerprint density at radius 1 is 1.08 bits per heavy atom. The lowest BCUT2D eigenvalue weighted by Crippen LogP contribution is -2.76. The van der Waals surface area contributed by atoms with Gasteiger partial charge in [-0.2, -0.15) is 0 Å². The van der Waals surface area contributed by atoms with Gasteiger partial charge < -0.3 is 4.48 Å². The molecule has 0 aromatic heterocycles. The van der Waals surface area contributed by atoms with E-state index in [-0.39, 0.29) is 0 Å². The highest BCUT2D eigenvalue weighted by molar-refractivity contribution is 4.99. The summed E-state index contributed by atoms with van der Waals surface area (Å²) in [6, 6.07) is 0. The van der Waals surface area contributed by atoms with E-state index in [2.05, 4.69) is 25.8 Å². The molecule has 2 atom stereocenters. The van der Waals surface area contributed by atoms with Crippen LogP contribution in [0.2, 0.25) is 0 Å². The van der Waals surface area contributed by atoms with Crippen LogP contribution in [0.1, 0.15) is 20.3 Å². The van der Waals surface area contributed by atoms with Crippen LogP contribution in [-0.4, -0.2) is 49.3 Å². The number of piperidine rings is 2. The first-order valence-electron chi connectivity index (χ1n) is 5.47. The van der Waals surface area contributed by atoms with Crippen molar-refractivity contribution in [3.8, 4) is 0 Å². The molecule has 4 heterocycles. The normalized spacial score (nSPS) is 64.4. The van der Waals surface area contributed by atoms with Gasteiger partial charge >= 0.3 is 0 Å². The van der Waals surface area contributed by atoms with E-state index in [4.69, 9.17) is 0 Å². The van der Waals surface area contributed by atoms with E-state index in [0.717, 1.165) is 0 Å². The summed E-state index contributed by atoms with van der Waals surface area (Å²) in [6.45, 7) is 11.8. The molecule has 0 saturated carbocycles. The zero-order valence-electron chi connectivity index (χ0n) is 9.14. The summed E-state index contributed by atoms with van der Waals surface area (Å²) in [5, 5.41) is 0. The predicted molar refractivity (Wildman–Crippen MR) is 53.2 cm³/mol. The summed E-state index contributed by atoms with van der Waals surface area (Å²) in [5.41, 5.74) is 1.25. The molecule has 4 rings (SSSR count). The molecule has 0 spiro atoms. The molecule has 2 nitrogen and oxygen atoms in total. The molecule has 0 aromatic carbocycles. The van der Waals surface area contributed by atoms with E-state index in [0.29, 0.717) is 10.8 Å². The Labute approximate surface area is 81.1 Å². The van der Waals surface area contributed by atoms with Crippen LogP contribution in [0.4, 0.5) is 0 Å². The molecule has 0 radical (unpaired) electrons. The van der Waals surface area contributed by atoms with Crippen molar-refractivity contribution >= 4 is 0 Å². The van der Waals surface area contributed by atoms with Gasteiger partial charge in [-0.15, -0.1) is 0 Å². The van der Waals surface area contributed by atoms with Crippen molar-refractivity contribution in [2.75, 3.05) is 39.9 Å². The van der Waals surface area contributed by atoms with Gasteiger partial charge in [-0.25, -0.2) is 0 Å². The minimum atomic E-state index is 0.623. The standard InChI is InChI=1S/C11H21N2/c1-10-4-11(2)6-12(5-10)9-13(3,7-10)8-11/h4-9H2,1-3H3/q+1. The summed E-state index contributed by atoms with van der Waals surface area (Å²) in [5.74, 6) is 0. The van der Waals surface area contributed by atoms with Gasteiger partial charge in [0.15, 0.2) is 0 Å². The molecular formula is C11H21N2+. The van der Waals surface area contributed by atoms with Crippen LogP contribution < -0.4 is 0 Å².